The molecule has 2 aromatic rings. The summed E-state index contributed by atoms with van der Waals surface area (Å²) in [6.45, 7) is 9.78. The van der Waals surface area contributed by atoms with Crippen molar-refractivity contribution >= 4 is 21.6 Å². The third-order valence-corrected chi connectivity index (χ3v) is 7.02. The molecule has 1 fully saturated rings. The highest BCUT2D eigenvalue weighted by molar-refractivity contribution is 7.89. The van der Waals surface area contributed by atoms with Gasteiger partial charge in [-0.3, -0.25) is 9.48 Å². The minimum atomic E-state index is -3.88. The van der Waals surface area contributed by atoms with E-state index in [1.54, 1.807) is 7.05 Å². The summed E-state index contributed by atoms with van der Waals surface area (Å²) in [5.41, 5.74) is 3.59. The van der Waals surface area contributed by atoms with Crippen LogP contribution in [0.1, 0.15) is 21.5 Å². The number of hydrogen-bond acceptors (Lipinski definition) is 5. The SMILES string of the molecule is C=CCNC(=O)c1cn(C)nc1S(=O)(=O)N1CCN(c2cccc(C)c2C)CC1. The van der Waals surface area contributed by atoms with Gasteiger partial charge >= 0.3 is 0 Å². The normalized spacial score (nSPS) is 15.3. The number of nitrogens with one attached hydrogen (secondary N) is 1. The van der Waals surface area contributed by atoms with E-state index in [-0.39, 0.29) is 17.1 Å². The molecule has 1 aliphatic heterocycles. The van der Waals surface area contributed by atoms with Crippen molar-refractivity contribution in [3.05, 3.63) is 53.7 Å². The minimum Gasteiger partial charge on any atom is -0.369 e. The van der Waals surface area contributed by atoms with E-state index in [1.807, 2.05) is 6.07 Å². The first-order chi connectivity index (χ1) is 13.8. The predicted octanol–water partition coefficient (Wildman–Crippen LogP) is 1.46. The van der Waals surface area contributed by atoms with Crippen molar-refractivity contribution in [3.8, 4) is 0 Å². The lowest BCUT2D eigenvalue weighted by Gasteiger charge is -2.36. The van der Waals surface area contributed by atoms with Gasteiger partial charge in [-0.05, 0) is 31.0 Å². The van der Waals surface area contributed by atoms with Gasteiger partial charge in [0.1, 0.15) is 0 Å². The number of carbonyl (C=O) groups is 1. The van der Waals surface area contributed by atoms with E-state index in [0.717, 1.165) is 5.69 Å². The van der Waals surface area contributed by atoms with Gasteiger partial charge in [0.05, 0.1) is 5.56 Å². The van der Waals surface area contributed by atoms with Crippen molar-refractivity contribution in [2.45, 2.75) is 18.9 Å². The molecule has 0 aliphatic carbocycles. The lowest BCUT2D eigenvalue weighted by atomic mass is 10.1. The van der Waals surface area contributed by atoms with Gasteiger partial charge in [-0.15, -0.1) is 6.58 Å². The number of nitrogens with zero attached hydrogens (tertiary/aromatic N) is 4. The minimum absolute atomic E-state index is 0.0475. The number of carbonyl (C=O) groups excluding carboxylic acids is 1. The molecule has 2 heterocycles. The van der Waals surface area contributed by atoms with Crippen LogP contribution in [0.5, 0.6) is 0 Å². The standard InChI is InChI=1S/C20H27N5O3S/c1-5-9-21-19(26)17-14-23(4)22-20(17)29(27,28)25-12-10-24(11-13-25)18-8-6-7-15(2)16(18)3/h5-8,14H,1,9-13H2,2-4H3,(H,21,26). The molecule has 0 radical (unpaired) electrons. The van der Waals surface area contributed by atoms with Crippen molar-refractivity contribution in [3.63, 3.8) is 0 Å². The van der Waals surface area contributed by atoms with Crippen LogP contribution in [0.25, 0.3) is 0 Å². The van der Waals surface area contributed by atoms with Gasteiger partial charge in [0.15, 0.2) is 0 Å². The Kier molecular flexibility index (Phi) is 6.09. The molecule has 9 heteroatoms. The Labute approximate surface area is 171 Å². The summed E-state index contributed by atoms with van der Waals surface area (Å²) < 4.78 is 29.1. The number of sulfonamides is 1. The molecule has 0 bridgehead atoms. The van der Waals surface area contributed by atoms with E-state index in [4.69, 9.17) is 0 Å². The maximum Gasteiger partial charge on any atom is 0.263 e. The van der Waals surface area contributed by atoms with Crippen molar-refractivity contribution in [2.75, 3.05) is 37.6 Å². The molecule has 29 heavy (non-hydrogen) atoms. The van der Waals surface area contributed by atoms with Gasteiger partial charge in [0.25, 0.3) is 15.9 Å². The first-order valence-corrected chi connectivity index (χ1v) is 10.9. The Hall–Kier alpha value is -2.65. The van der Waals surface area contributed by atoms with E-state index in [2.05, 4.69) is 47.9 Å². The number of aromatic nitrogens is 2. The van der Waals surface area contributed by atoms with E-state index in [0.29, 0.717) is 26.2 Å². The fourth-order valence-corrected chi connectivity index (χ4v) is 4.99. The molecule has 0 unspecified atom stereocenters. The third-order valence-electron chi connectivity index (χ3n) is 5.19. The van der Waals surface area contributed by atoms with Crippen LogP contribution in [-0.4, -0.2) is 61.1 Å². The highest BCUT2D eigenvalue weighted by atomic mass is 32.2. The van der Waals surface area contributed by atoms with Gasteiger partial charge in [0, 0.05) is 51.7 Å². The molecule has 1 N–H and O–H groups in total. The Morgan fingerprint density at radius 3 is 2.59 bits per heavy atom. The molecular weight excluding hydrogens is 390 g/mol. The van der Waals surface area contributed by atoms with Gasteiger partial charge in [-0.1, -0.05) is 18.2 Å². The molecule has 1 aromatic heterocycles. The van der Waals surface area contributed by atoms with Crippen LogP contribution in [0.3, 0.4) is 0 Å². The quantitative estimate of drug-likeness (QED) is 0.719. The molecular formula is C20H27N5O3S. The number of rotatable bonds is 6. The summed E-state index contributed by atoms with van der Waals surface area (Å²) >= 11 is 0. The van der Waals surface area contributed by atoms with E-state index in [1.165, 1.54) is 32.4 Å². The molecule has 1 aliphatic rings. The van der Waals surface area contributed by atoms with Gasteiger partial charge in [-0.25, -0.2) is 8.42 Å². The van der Waals surface area contributed by atoms with Gasteiger partial charge < -0.3 is 10.2 Å². The molecule has 0 spiro atoms. The molecule has 0 atom stereocenters. The molecule has 156 valence electrons. The first kappa shape index (κ1) is 21.1. The summed E-state index contributed by atoms with van der Waals surface area (Å²) in [4.78, 5) is 14.6. The average molecular weight is 418 g/mol. The zero-order valence-electron chi connectivity index (χ0n) is 17.1. The van der Waals surface area contributed by atoms with E-state index < -0.39 is 15.9 Å². The molecule has 8 nitrogen and oxygen atoms in total. The van der Waals surface area contributed by atoms with Gasteiger partial charge in [0.2, 0.25) is 5.03 Å². The highest BCUT2D eigenvalue weighted by Gasteiger charge is 2.34. The molecule has 1 aromatic carbocycles. The summed E-state index contributed by atoms with van der Waals surface area (Å²) in [5, 5.41) is 6.49. The Morgan fingerprint density at radius 1 is 1.24 bits per heavy atom. The van der Waals surface area contributed by atoms with Crippen molar-refractivity contribution < 1.29 is 13.2 Å². The summed E-state index contributed by atoms with van der Waals surface area (Å²) in [6, 6.07) is 6.15. The van der Waals surface area contributed by atoms with Crippen LogP contribution in [-0.2, 0) is 17.1 Å². The Balaban J connectivity index is 1.79. The van der Waals surface area contributed by atoms with Crippen molar-refractivity contribution in [2.24, 2.45) is 7.05 Å². The fourth-order valence-electron chi connectivity index (χ4n) is 3.44. The largest absolute Gasteiger partial charge is 0.369 e. The smallest absolute Gasteiger partial charge is 0.263 e. The second-order valence-corrected chi connectivity index (χ2v) is 8.98. The lowest BCUT2D eigenvalue weighted by Crippen LogP contribution is -2.49. The zero-order chi connectivity index (χ0) is 21.2. The average Bonchev–Trinajstić information content (AvgIpc) is 3.11. The fraction of sp³-hybridized carbons (Fsp3) is 0.400. The molecule has 1 amide bonds. The summed E-state index contributed by atoms with van der Waals surface area (Å²) in [5.74, 6) is -0.481. The second-order valence-electron chi connectivity index (χ2n) is 7.13. The van der Waals surface area contributed by atoms with Crippen molar-refractivity contribution in [1.29, 1.82) is 0 Å². The summed E-state index contributed by atoms with van der Waals surface area (Å²) in [6.07, 6.45) is 2.96. The van der Waals surface area contributed by atoms with Crippen molar-refractivity contribution in [1.82, 2.24) is 19.4 Å². The zero-order valence-corrected chi connectivity index (χ0v) is 17.9. The monoisotopic (exact) mass is 417 g/mol. The number of aryl methyl sites for hydroxylation is 2. The molecule has 1 saturated heterocycles. The number of benzene rings is 1. The maximum absolute atomic E-state index is 13.2. The highest BCUT2D eigenvalue weighted by Crippen LogP contribution is 2.26. The number of piperazine rings is 1. The Morgan fingerprint density at radius 2 is 1.93 bits per heavy atom. The predicted molar refractivity (Wildman–Crippen MR) is 113 cm³/mol. The maximum atomic E-state index is 13.2. The van der Waals surface area contributed by atoms with E-state index in [9.17, 15) is 13.2 Å². The Bertz CT molecular complexity index is 1020. The number of amides is 1. The van der Waals surface area contributed by atoms with Crippen LogP contribution in [0.2, 0.25) is 0 Å². The van der Waals surface area contributed by atoms with Crippen LogP contribution < -0.4 is 10.2 Å². The molecule has 0 saturated carbocycles. The third kappa shape index (κ3) is 4.20. The molecule has 3 rings (SSSR count). The van der Waals surface area contributed by atoms with Gasteiger partial charge in [-0.2, -0.15) is 9.40 Å². The topological polar surface area (TPSA) is 87.5 Å². The van der Waals surface area contributed by atoms with Crippen LogP contribution in [0.15, 0.2) is 42.1 Å². The number of anilines is 1. The van der Waals surface area contributed by atoms with E-state index >= 15 is 0 Å². The second kappa shape index (κ2) is 8.38. The van der Waals surface area contributed by atoms with Crippen LogP contribution >= 0.6 is 0 Å². The summed E-state index contributed by atoms with van der Waals surface area (Å²) in [7, 11) is -2.28. The first-order valence-electron chi connectivity index (χ1n) is 9.49. The van der Waals surface area contributed by atoms with Crippen LogP contribution in [0.4, 0.5) is 5.69 Å². The number of hydrogen-bond donors (Lipinski definition) is 1. The lowest BCUT2D eigenvalue weighted by molar-refractivity contribution is 0.0954. The van der Waals surface area contributed by atoms with Crippen LogP contribution in [0, 0.1) is 13.8 Å².